The van der Waals surface area contributed by atoms with Gasteiger partial charge in [-0.3, -0.25) is 13.6 Å². The number of nitrogens with zero attached hydrogens (tertiary/aromatic N) is 6. The van der Waals surface area contributed by atoms with Gasteiger partial charge < -0.3 is 11.1 Å². The van der Waals surface area contributed by atoms with Gasteiger partial charge in [0.15, 0.2) is 17.3 Å². The van der Waals surface area contributed by atoms with Crippen molar-refractivity contribution in [3.63, 3.8) is 0 Å². The molecular weight excluding hydrogens is 476 g/mol. The van der Waals surface area contributed by atoms with E-state index in [1.165, 1.54) is 0 Å². The Labute approximate surface area is 210 Å². The average Bonchev–Trinajstić information content (AvgIpc) is 3.70. The van der Waals surface area contributed by atoms with Gasteiger partial charge in [-0.25, -0.2) is 24.9 Å². The van der Waals surface area contributed by atoms with Gasteiger partial charge in [-0.2, -0.15) is 0 Å². The van der Waals surface area contributed by atoms with Crippen molar-refractivity contribution >= 4 is 33.7 Å². The lowest BCUT2D eigenvalue weighted by atomic mass is 10.1. The first-order valence-electron chi connectivity index (χ1n) is 11.9. The number of nitrogens with one attached hydrogen (secondary N) is 1. The van der Waals surface area contributed by atoms with E-state index in [-0.39, 0.29) is 17.3 Å². The molecule has 10 nitrogen and oxygen atoms in total. The quantitative estimate of drug-likeness (QED) is 0.370. The van der Waals surface area contributed by atoms with Gasteiger partial charge in [0.05, 0.1) is 23.1 Å². The first-order chi connectivity index (χ1) is 17.4. The fraction of sp³-hybridized carbons (Fsp3) is 0.360. The third kappa shape index (κ3) is 4.70. The fourth-order valence-corrected chi connectivity index (χ4v) is 4.75. The van der Waals surface area contributed by atoms with E-state index in [1.807, 2.05) is 38.1 Å². The van der Waals surface area contributed by atoms with Crippen LogP contribution in [0.5, 0.6) is 0 Å². The first-order valence-corrected chi connectivity index (χ1v) is 13.5. The molecule has 5 rings (SSSR count). The predicted octanol–water partition coefficient (Wildman–Crippen LogP) is 3.17. The summed E-state index contributed by atoms with van der Waals surface area (Å²) >= 11 is 0. The molecule has 0 radical (unpaired) electrons. The van der Waals surface area contributed by atoms with Gasteiger partial charge >= 0.3 is 0 Å². The summed E-state index contributed by atoms with van der Waals surface area (Å²) < 4.78 is 13.3. The maximum absolute atomic E-state index is 13.4. The van der Waals surface area contributed by atoms with Crippen molar-refractivity contribution in [3.05, 3.63) is 57.8 Å². The Kier molecular flexibility index (Phi) is 6.48. The maximum atomic E-state index is 13.4. The molecule has 36 heavy (non-hydrogen) atoms. The number of hydrogen-bond acceptors (Lipinski definition) is 9. The van der Waals surface area contributed by atoms with Gasteiger partial charge in [0.1, 0.15) is 5.52 Å². The largest absolute Gasteiger partial charge is 0.368 e. The summed E-state index contributed by atoms with van der Waals surface area (Å²) in [7, 11) is -1.04. The zero-order chi connectivity index (χ0) is 25.4. The molecule has 186 valence electrons. The molecule has 1 fully saturated rings. The van der Waals surface area contributed by atoms with E-state index in [0.717, 1.165) is 46.7 Å². The van der Waals surface area contributed by atoms with E-state index in [9.17, 15) is 9.00 Å². The van der Waals surface area contributed by atoms with Crippen molar-refractivity contribution < 1.29 is 4.21 Å². The Balaban J connectivity index is 1.53. The number of nitrogen functional groups attached to an aromatic ring is 1. The fourth-order valence-electron chi connectivity index (χ4n) is 4.23. The lowest BCUT2D eigenvalue weighted by molar-refractivity contribution is 0.668. The molecule has 1 saturated carbocycles. The zero-order valence-electron chi connectivity index (χ0n) is 20.5. The van der Waals surface area contributed by atoms with Crippen molar-refractivity contribution in [1.82, 2.24) is 29.5 Å². The Morgan fingerprint density at radius 1 is 1.14 bits per heavy atom. The van der Waals surface area contributed by atoms with Crippen LogP contribution in [0.4, 0.5) is 11.8 Å². The molecule has 11 heteroatoms. The van der Waals surface area contributed by atoms with Gasteiger partial charge in [0.25, 0.3) is 5.56 Å². The molecule has 0 amide bonds. The molecule has 0 saturated heterocycles. The highest BCUT2D eigenvalue weighted by Gasteiger charge is 2.31. The molecule has 4 aromatic rings. The van der Waals surface area contributed by atoms with Crippen LogP contribution in [-0.4, -0.2) is 40.0 Å². The zero-order valence-corrected chi connectivity index (χ0v) is 21.3. The summed E-state index contributed by atoms with van der Waals surface area (Å²) in [6, 6.07) is 7.42. The Morgan fingerprint density at radius 2 is 1.89 bits per heavy atom. The SMILES string of the molecule is CCCn1c(=O)c(NCc2ccc(S(C)=O)cc2)nc2cnc(-c3c(C)nc(N)nc3C3CC3)nc21. The van der Waals surface area contributed by atoms with Crippen LogP contribution in [-0.2, 0) is 23.9 Å². The van der Waals surface area contributed by atoms with E-state index >= 15 is 0 Å². The highest BCUT2D eigenvalue weighted by atomic mass is 32.2. The molecule has 0 bridgehead atoms. The van der Waals surface area contributed by atoms with Crippen molar-refractivity contribution in [2.24, 2.45) is 0 Å². The monoisotopic (exact) mass is 504 g/mol. The van der Waals surface area contributed by atoms with Crippen LogP contribution in [0, 0.1) is 6.92 Å². The van der Waals surface area contributed by atoms with Gasteiger partial charge in [0.2, 0.25) is 5.95 Å². The van der Waals surface area contributed by atoms with Crippen molar-refractivity contribution in [3.8, 4) is 11.4 Å². The normalized spacial score (nSPS) is 14.2. The van der Waals surface area contributed by atoms with Crippen molar-refractivity contribution in [2.45, 2.75) is 57.0 Å². The van der Waals surface area contributed by atoms with E-state index in [2.05, 4.69) is 25.3 Å². The second kappa shape index (κ2) is 9.73. The van der Waals surface area contributed by atoms with Crippen LogP contribution in [0.3, 0.4) is 0 Å². The van der Waals surface area contributed by atoms with Crippen LogP contribution in [0.2, 0.25) is 0 Å². The number of benzene rings is 1. The maximum Gasteiger partial charge on any atom is 0.294 e. The van der Waals surface area contributed by atoms with Crippen LogP contribution >= 0.6 is 0 Å². The van der Waals surface area contributed by atoms with Gasteiger partial charge in [0, 0.05) is 41.0 Å². The second-order valence-electron chi connectivity index (χ2n) is 8.97. The van der Waals surface area contributed by atoms with Gasteiger partial charge in [-0.15, -0.1) is 0 Å². The number of fused-ring (bicyclic) bond motifs is 1. The molecule has 3 heterocycles. The summed E-state index contributed by atoms with van der Waals surface area (Å²) in [6.45, 7) is 4.78. The predicted molar refractivity (Wildman–Crippen MR) is 140 cm³/mol. The van der Waals surface area contributed by atoms with Crippen molar-refractivity contribution in [2.75, 3.05) is 17.3 Å². The molecule has 3 N–H and O–H groups in total. The minimum absolute atomic E-state index is 0.237. The highest BCUT2D eigenvalue weighted by Crippen LogP contribution is 2.43. The standard InChI is InChI=1S/C25H28N8O2S/c1-4-11-33-23-18(30-22(24(33)34)27-12-15-5-9-17(10-6-15)36(3)35)13-28-21(32-23)19-14(2)29-25(26)31-20(19)16-7-8-16/h5-6,9-10,13,16H,4,7-8,11-12H2,1-3H3,(H,27,30)(H2,26,29,31). The van der Waals surface area contributed by atoms with Crippen LogP contribution in [0.15, 0.2) is 40.2 Å². The number of aromatic nitrogens is 6. The highest BCUT2D eigenvalue weighted by molar-refractivity contribution is 7.84. The van der Waals surface area contributed by atoms with Gasteiger partial charge in [-0.1, -0.05) is 19.1 Å². The molecule has 0 aliphatic heterocycles. The second-order valence-corrected chi connectivity index (χ2v) is 10.4. The third-order valence-corrected chi connectivity index (χ3v) is 7.11. The summed E-state index contributed by atoms with van der Waals surface area (Å²) in [4.78, 5) is 36.9. The minimum Gasteiger partial charge on any atom is -0.368 e. The van der Waals surface area contributed by atoms with Crippen molar-refractivity contribution in [1.29, 1.82) is 0 Å². The van der Waals surface area contributed by atoms with E-state index in [4.69, 9.17) is 10.7 Å². The van der Waals surface area contributed by atoms with E-state index < -0.39 is 10.8 Å². The summed E-state index contributed by atoms with van der Waals surface area (Å²) in [5.74, 6) is 1.29. The number of nitrogens with two attached hydrogens (primary N) is 1. The van der Waals surface area contributed by atoms with E-state index in [0.29, 0.717) is 36.0 Å². The third-order valence-electron chi connectivity index (χ3n) is 6.17. The number of anilines is 2. The lowest BCUT2D eigenvalue weighted by Gasteiger charge is -2.14. The number of aryl methyl sites for hydroxylation is 2. The molecule has 3 aromatic heterocycles. The number of rotatable bonds is 8. The topological polar surface area (TPSA) is 142 Å². The Morgan fingerprint density at radius 3 is 2.56 bits per heavy atom. The molecule has 1 aliphatic rings. The van der Waals surface area contributed by atoms with Crippen LogP contribution in [0.1, 0.15) is 49.1 Å². The number of hydrogen-bond donors (Lipinski definition) is 2. The summed E-state index contributed by atoms with van der Waals surface area (Å²) in [6.07, 6.45) is 6.14. The molecule has 0 spiro atoms. The minimum atomic E-state index is -1.04. The molecule has 1 aliphatic carbocycles. The first kappa shape index (κ1) is 24.0. The van der Waals surface area contributed by atoms with Crippen LogP contribution < -0.4 is 16.6 Å². The summed E-state index contributed by atoms with van der Waals surface area (Å²) in [5, 5.41) is 3.15. The molecule has 1 aromatic carbocycles. The Hall–Kier alpha value is -3.73. The van der Waals surface area contributed by atoms with E-state index in [1.54, 1.807) is 17.0 Å². The summed E-state index contributed by atoms with van der Waals surface area (Å²) in [5.41, 5.74) is 9.99. The van der Waals surface area contributed by atoms with Crippen LogP contribution in [0.25, 0.3) is 22.6 Å². The molecule has 1 unspecified atom stereocenters. The van der Waals surface area contributed by atoms with Gasteiger partial charge in [-0.05, 0) is 43.9 Å². The smallest absolute Gasteiger partial charge is 0.294 e. The molecular formula is C25H28N8O2S. The average molecular weight is 505 g/mol. The molecule has 1 atom stereocenters. The lowest BCUT2D eigenvalue weighted by Crippen LogP contribution is -2.26. The Bertz CT molecular complexity index is 1530.